The van der Waals surface area contributed by atoms with Crippen LogP contribution in [0.25, 0.3) is 0 Å². The third kappa shape index (κ3) is 10.5. The fourth-order valence-corrected chi connectivity index (χ4v) is 4.17. The molecule has 0 unspecified atom stereocenters. The van der Waals surface area contributed by atoms with E-state index in [9.17, 15) is 31.9 Å². The number of carbonyl (C=O) groups is 1. The Balaban J connectivity index is 1.53. The van der Waals surface area contributed by atoms with Crippen LogP contribution in [0, 0.1) is 0 Å². The predicted octanol–water partition coefficient (Wildman–Crippen LogP) is 4.11. The van der Waals surface area contributed by atoms with Gasteiger partial charge < -0.3 is 25.4 Å². The maximum atomic E-state index is 12.9. The van der Waals surface area contributed by atoms with Gasteiger partial charge in [-0.05, 0) is 62.8 Å². The number of hydrogen-bond donors (Lipinski definition) is 3. The van der Waals surface area contributed by atoms with Crippen molar-refractivity contribution in [3.05, 3.63) is 41.5 Å². The number of rotatable bonds is 16. The number of aryl methyl sites for hydroxylation is 2. The number of nitrogens with zero attached hydrogens (tertiary/aromatic N) is 4. The molecule has 0 aliphatic carbocycles. The van der Waals surface area contributed by atoms with Gasteiger partial charge in [-0.2, -0.15) is 13.2 Å². The molecule has 9 nitrogen and oxygen atoms in total. The van der Waals surface area contributed by atoms with E-state index in [2.05, 4.69) is 31.7 Å². The lowest BCUT2D eigenvalue weighted by Crippen LogP contribution is -2.37. The van der Waals surface area contributed by atoms with Crippen LogP contribution in [0.3, 0.4) is 0 Å². The molecule has 0 aromatic carbocycles. The van der Waals surface area contributed by atoms with Gasteiger partial charge in [0.25, 0.3) is 6.43 Å². The molecule has 0 saturated heterocycles. The highest BCUT2D eigenvalue weighted by molar-refractivity contribution is 5.76. The van der Waals surface area contributed by atoms with Gasteiger partial charge in [0.15, 0.2) is 0 Å². The zero-order valence-electron chi connectivity index (χ0n) is 21.4. The number of unbranched alkanes of at least 4 members (excludes halogenated alkanes) is 1. The van der Waals surface area contributed by atoms with Crippen LogP contribution in [0.1, 0.15) is 42.8 Å². The summed E-state index contributed by atoms with van der Waals surface area (Å²) in [5.41, 5.74) is 2.17. The monoisotopic (exact) mass is 560 g/mol. The van der Waals surface area contributed by atoms with Crippen LogP contribution in [-0.4, -0.2) is 82.8 Å². The van der Waals surface area contributed by atoms with E-state index in [4.69, 9.17) is 4.74 Å². The second-order valence-corrected chi connectivity index (χ2v) is 9.19. The molecular weight excluding hydrogens is 527 g/mol. The van der Waals surface area contributed by atoms with Gasteiger partial charge in [-0.1, -0.05) is 6.07 Å². The molecule has 2 aromatic rings. The quantitative estimate of drug-likeness (QED) is 0.206. The molecule has 0 bridgehead atoms. The molecule has 1 aliphatic heterocycles. The first-order valence-corrected chi connectivity index (χ1v) is 12.8. The van der Waals surface area contributed by atoms with Crippen molar-refractivity contribution < 1.29 is 36.6 Å². The molecule has 0 saturated carbocycles. The molecule has 1 aliphatic rings. The summed E-state index contributed by atoms with van der Waals surface area (Å²) in [4.78, 5) is 24.9. The molecule has 1 atom stereocenters. The van der Waals surface area contributed by atoms with Crippen LogP contribution in [0.2, 0.25) is 0 Å². The molecule has 2 aromatic heterocycles. The fraction of sp³-hybridized carbons (Fsp3) is 0.600. The second-order valence-electron chi connectivity index (χ2n) is 9.19. The van der Waals surface area contributed by atoms with E-state index in [1.807, 2.05) is 11.0 Å². The predicted molar refractivity (Wildman–Crippen MR) is 134 cm³/mol. The summed E-state index contributed by atoms with van der Waals surface area (Å²) in [7, 11) is 0. The van der Waals surface area contributed by atoms with E-state index in [1.54, 1.807) is 0 Å². The van der Waals surface area contributed by atoms with Crippen molar-refractivity contribution in [3.8, 4) is 0 Å². The third-order valence-electron chi connectivity index (χ3n) is 6.17. The molecule has 14 heteroatoms. The zero-order chi connectivity index (χ0) is 28.3. The molecule has 3 N–H and O–H groups in total. The molecule has 0 fully saturated rings. The number of aliphatic carboxylic acids is 1. The van der Waals surface area contributed by atoms with Crippen molar-refractivity contribution in [1.29, 1.82) is 0 Å². The van der Waals surface area contributed by atoms with Crippen molar-refractivity contribution in [1.82, 2.24) is 19.9 Å². The van der Waals surface area contributed by atoms with Gasteiger partial charge in [0, 0.05) is 31.5 Å². The molecule has 0 amide bonds. The van der Waals surface area contributed by atoms with Crippen molar-refractivity contribution in [3.63, 3.8) is 0 Å². The normalized spacial score (nSPS) is 14.2. The number of alkyl halides is 5. The SMILES string of the molecule is O=C(O)[C@H](CCN(CCCCc1ccc2c(n1)NCCC2)CCOCC(F)F)Nc1ccnc(C(F)(F)F)n1. The Kier molecular flexibility index (Phi) is 11.6. The number of halogens is 5. The molecule has 0 radical (unpaired) electrons. The minimum Gasteiger partial charge on any atom is -0.480 e. The van der Waals surface area contributed by atoms with Crippen LogP contribution in [0.4, 0.5) is 33.6 Å². The van der Waals surface area contributed by atoms with E-state index in [-0.39, 0.29) is 25.4 Å². The second kappa shape index (κ2) is 14.9. The lowest BCUT2D eigenvalue weighted by Gasteiger charge is -2.24. The van der Waals surface area contributed by atoms with E-state index in [0.717, 1.165) is 62.4 Å². The minimum absolute atomic E-state index is 0.0353. The van der Waals surface area contributed by atoms with Gasteiger partial charge in [0.05, 0.1) is 6.61 Å². The Labute approximate surface area is 223 Å². The average Bonchev–Trinajstić information content (AvgIpc) is 2.90. The number of carboxylic acid groups (broad SMARTS) is 1. The molecule has 0 spiro atoms. The highest BCUT2D eigenvalue weighted by atomic mass is 19.4. The van der Waals surface area contributed by atoms with Crippen molar-refractivity contribution >= 4 is 17.6 Å². The molecule has 3 heterocycles. The Morgan fingerprint density at radius 1 is 1.15 bits per heavy atom. The number of pyridine rings is 1. The van der Waals surface area contributed by atoms with E-state index < -0.39 is 37.0 Å². The number of fused-ring (bicyclic) bond motifs is 1. The van der Waals surface area contributed by atoms with Crippen LogP contribution in [0.15, 0.2) is 24.4 Å². The maximum absolute atomic E-state index is 12.9. The van der Waals surface area contributed by atoms with Gasteiger partial charge in [-0.25, -0.2) is 28.5 Å². The van der Waals surface area contributed by atoms with Crippen LogP contribution in [-0.2, 0) is 28.5 Å². The summed E-state index contributed by atoms with van der Waals surface area (Å²) in [6.07, 6.45) is -2.04. The number of hydrogen-bond acceptors (Lipinski definition) is 8. The zero-order valence-corrected chi connectivity index (χ0v) is 21.4. The minimum atomic E-state index is -4.77. The van der Waals surface area contributed by atoms with E-state index >= 15 is 0 Å². The fourth-order valence-electron chi connectivity index (χ4n) is 4.17. The lowest BCUT2D eigenvalue weighted by atomic mass is 10.1. The Morgan fingerprint density at radius 2 is 1.97 bits per heavy atom. The largest absolute Gasteiger partial charge is 0.480 e. The van der Waals surface area contributed by atoms with Crippen molar-refractivity contribution in [2.75, 3.05) is 50.0 Å². The van der Waals surface area contributed by atoms with Gasteiger partial charge in [-0.3, -0.25) is 0 Å². The number of ether oxygens (including phenoxy) is 1. The number of aromatic nitrogens is 3. The first-order valence-electron chi connectivity index (χ1n) is 12.8. The first kappa shape index (κ1) is 30.4. The number of carboxylic acids is 1. The molecule has 3 rings (SSSR count). The summed E-state index contributed by atoms with van der Waals surface area (Å²) in [6.45, 7) is 1.35. The standard InChI is InChI=1S/C25H33F5N6O3/c26-20(27)16-39-15-14-36(12-2-1-5-18-7-6-17-4-3-10-31-22(17)33-18)13-9-19(23(37)38)34-21-8-11-32-24(35-21)25(28,29)30/h6-8,11,19-20H,1-5,9-10,12-16H2,(H,31,33)(H,37,38)(H,32,34,35)/t19-/m0/s1. The van der Waals surface area contributed by atoms with E-state index in [1.165, 1.54) is 5.56 Å². The van der Waals surface area contributed by atoms with E-state index in [0.29, 0.717) is 13.1 Å². The summed E-state index contributed by atoms with van der Waals surface area (Å²) in [5, 5.41) is 15.4. The number of nitrogens with one attached hydrogen (secondary N) is 2. The summed E-state index contributed by atoms with van der Waals surface area (Å²) >= 11 is 0. The smallest absolute Gasteiger partial charge is 0.451 e. The van der Waals surface area contributed by atoms with Gasteiger partial charge in [0.2, 0.25) is 5.82 Å². The Morgan fingerprint density at radius 3 is 2.72 bits per heavy atom. The Bertz CT molecular complexity index is 1060. The molecule has 39 heavy (non-hydrogen) atoms. The maximum Gasteiger partial charge on any atom is 0.451 e. The lowest BCUT2D eigenvalue weighted by molar-refractivity contribution is -0.144. The topological polar surface area (TPSA) is 112 Å². The van der Waals surface area contributed by atoms with Crippen molar-refractivity contribution in [2.45, 2.75) is 57.2 Å². The van der Waals surface area contributed by atoms with Crippen molar-refractivity contribution in [2.24, 2.45) is 0 Å². The Hall–Kier alpha value is -3.13. The van der Waals surface area contributed by atoms with Crippen LogP contribution in [0.5, 0.6) is 0 Å². The molecule has 216 valence electrons. The van der Waals surface area contributed by atoms with Gasteiger partial charge in [-0.15, -0.1) is 0 Å². The highest BCUT2D eigenvalue weighted by Crippen LogP contribution is 2.26. The summed E-state index contributed by atoms with van der Waals surface area (Å²) in [5.74, 6) is -1.97. The summed E-state index contributed by atoms with van der Waals surface area (Å²) < 4.78 is 68.5. The third-order valence-corrected chi connectivity index (χ3v) is 6.17. The molecular formula is C25H33F5N6O3. The van der Waals surface area contributed by atoms with Gasteiger partial charge >= 0.3 is 12.1 Å². The average molecular weight is 561 g/mol. The van der Waals surface area contributed by atoms with Gasteiger partial charge in [0.1, 0.15) is 24.3 Å². The number of anilines is 2. The van der Waals surface area contributed by atoms with Crippen LogP contribution < -0.4 is 10.6 Å². The highest BCUT2D eigenvalue weighted by Gasteiger charge is 2.35. The van der Waals surface area contributed by atoms with Crippen LogP contribution >= 0.6 is 0 Å². The summed E-state index contributed by atoms with van der Waals surface area (Å²) in [6, 6.07) is 4.04. The first-order chi connectivity index (χ1) is 18.6.